The van der Waals surface area contributed by atoms with Gasteiger partial charge in [-0.1, -0.05) is 29.8 Å². The van der Waals surface area contributed by atoms with Crippen LogP contribution in [0.3, 0.4) is 0 Å². The van der Waals surface area contributed by atoms with Gasteiger partial charge in [0.05, 0.1) is 12.2 Å². The first-order chi connectivity index (χ1) is 13.4. The Balaban J connectivity index is 1.63. The number of anilines is 2. The zero-order valence-corrected chi connectivity index (χ0v) is 16.4. The lowest BCUT2D eigenvalue weighted by Crippen LogP contribution is -2.20. The topological polar surface area (TPSA) is 51.1 Å². The number of halogens is 3. The molecule has 146 valence electrons. The highest BCUT2D eigenvalue weighted by molar-refractivity contribution is 7.80. The molecule has 0 atom stereocenters. The van der Waals surface area contributed by atoms with Crippen LogP contribution in [0.2, 0.25) is 5.02 Å². The standard InChI is InChI=1S/C19H17ClF2N4OS/c1-12-2-7-15(16(10-12)27-18(21)22)23-19(28)24-17-8-9-26(25-17)11-13-3-5-14(20)6-4-13/h2-10,18H,11H2,1H3,(H2,23,24,25,28). The van der Waals surface area contributed by atoms with Gasteiger partial charge in [0.1, 0.15) is 5.75 Å². The van der Waals surface area contributed by atoms with Gasteiger partial charge in [-0.15, -0.1) is 0 Å². The molecule has 0 radical (unpaired) electrons. The highest BCUT2D eigenvalue weighted by atomic mass is 35.5. The number of nitrogens with one attached hydrogen (secondary N) is 2. The summed E-state index contributed by atoms with van der Waals surface area (Å²) < 4.78 is 31.5. The molecule has 0 aliphatic heterocycles. The second kappa shape index (κ2) is 8.99. The van der Waals surface area contributed by atoms with Crippen LogP contribution in [0.1, 0.15) is 11.1 Å². The van der Waals surface area contributed by atoms with Crippen molar-refractivity contribution in [3.63, 3.8) is 0 Å². The van der Waals surface area contributed by atoms with Gasteiger partial charge >= 0.3 is 6.61 Å². The molecule has 0 fully saturated rings. The van der Waals surface area contributed by atoms with Gasteiger partial charge in [0.15, 0.2) is 10.9 Å². The van der Waals surface area contributed by atoms with Gasteiger partial charge in [-0.05, 0) is 54.5 Å². The van der Waals surface area contributed by atoms with Gasteiger partial charge in [-0.25, -0.2) is 0 Å². The summed E-state index contributed by atoms with van der Waals surface area (Å²) in [5.74, 6) is 0.544. The third-order valence-corrected chi connectivity index (χ3v) is 4.20. The third-order valence-electron chi connectivity index (χ3n) is 3.74. The number of rotatable bonds is 6. The van der Waals surface area contributed by atoms with Crippen molar-refractivity contribution in [2.75, 3.05) is 10.6 Å². The fourth-order valence-electron chi connectivity index (χ4n) is 2.49. The minimum absolute atomic E-state index is 0.0208. The highest BCUT2D eigenvalue weighted by Crippen LogP contribution is 2.27. The van der Waals surface area contributed by atoms with Crippen LogP contribution in [0.5, 0.6) is 5.75 Å². The number of ether oxygens (including phenoxy) is 1. The minimum Gasteiger partial charge on any atom is -0.433 e. The Labute approximate surface area is 171 Å². The van der Waals surface area contributed by atoms with Crippen molar-refractivity contribution in [3.8, 4) is 5.75 Å². The molecule has 0 amide bonds. The molecule has 0 unspecified atom stereocenters. The Hall–Kier alpha value is -2.71. The summed E-state index contributed by atoms with van der Waals surface area (Å²) in [6, 6.07) is 14.1. The second-order valence-corrected chi connectivity index (χ2v) is 6.83. The van der Waals surface area contributed by atoms with Crippen LogP contribution >= 0.6 is 23.8 Å². The zero-order chi connectivity index (χ0) is 20.1. The third kappa shape index (κ3) is 5.64. The van der Waals surface area contributed by atoms with Crippen molar-refractivity contribution in [2.24, 2.45) is 0 Å². The number of alkyl halides is 2. The van der Waals surface area contributed by atoms with Crippen LogP contribution in [-0.4, -0.2) is 21.5 Å². The molecule has 0 saturated heterocycles. The lowest BCUT2D eigenvalue weighted by atomic mass is 10.2. The van der Waals surface area contributed by atoms with E-state index in [2.05, 4.69) is 20.5 Å². The van der Waals surface area contributed by atoms with Crippen LogP contribution < -0.4 is 15.4 Å². The van der Waals surface area contributed by atoms with Crippen molar-refractivity contribution in [1.29, 1.82) is 0 Å². The number of nitrogens with zero attached hydrogens (tertiary/aromatic N) is 2. The van der Waals surface area contributed by atoms with Gasteiger partial charge < -0.3 is 15.4 Å². The molecule has 3 aromatic rings. The molecule has 2 N–H and O–H groups in total. The number of aryl methyl sites for hydroxylation is 1. The Kier molecular flexibility index (Phi) is 6.43. The van der Waals surface area contributed by atoms with E-state index in [1.54, 1.807) is 36.0 Å². The van der Waals surface area contributed by atoms with E-state index in [-0.39, 0.29) is 10.9 Å². The molecule has 0 aliphatic rings. The first-order valence-electron chi connectivity index (χ1n) is 8.30. The van der Waals surface area contributed by atoms with Crippen molar-refractivity contribution < 1.29 is 13.5 Å². The Morgan fingerprint density at radius 3 is 2.64 bits per heavy atom. The summed E-state index contributed by atoms with van der Waals surface area (Å²) in [5.41, 5.74) is 2.18. The van der Waals surface area contributed by atoms with E-state index in [0.717, 1.165) is 11.1 Å². The lowest BCUT2D eigenvalue weighted by molar-refractivity contribution is -0.0493. The van der Waals surface area contributed by atoms with E-state index < -0.39 is 6.61 Å². The smallest absolute Gasteiger partial charge is 0.387 e. The Morgan fingerprint density at radius 1 is 1.18 bits per heavy atom. The molecule has 1 aromatic heterocycles. The summed E-state index contributed by atoms with van der Waals surface area (Å²) in [6.45, 7) is -0.567. The van der Waals surface area contributed by atoms with Gasteiger partial charge in [0.25, 0.3) is 0 Å². The molecule has 2 aromatic carbocycles. The molecule has 1 heterocycles. The fraction of sp³-hybridized carbons (Fsp3) is 0.158. The molecule has 0 saturated carbocycles. The Morgan fingerprint density at radius 2 is 1.93 bits per heavy atom. The van der Waals surface area contributed by atoms with Gasteiger partial charge in [-0.3, -0.25) is 4.68 Å². The molecule has 0 spiro atoms. The van der Waals surface area contributed by atoms with Gasteiger partial charge in [0, 0.05) is 17.3 Å². The zero-order valence-electron chi connectivity index (χ0n) is 14.8. The van der Waals surface area contributed by atoms with E-state index in [1.165, 1.54) is 6.07 Å². The van der Waals surface area contributed by atoms with Crippen LogP contribution in [-0.2, 0) is 6.54 Å². The first kappa shape index (κ1) is 20.0. The molecule has 9 heteroatoms. The molecule has 0 aliphatic carbocycles. The van der Waals surface area contributed by atoms with Crippen LogP contribution in [0.15, 0.2) is 54.7 Å². The number of thiocarbonyl (C=S) groups is 1. The molecule has 3 rings (SSSR count). The van der Waals surface area contributed by atoms with E-state index in [9.17, 15) is 8.78 Å². The van der Waals surface area contributed by atoms with Crippen molar-refractivity contribution in [3.05, 3.63) is 70.9 Å². The number of hydrogen-bond donors (Lipinski definition) is 2. The monoisotopic (exact) mass is 422 g/mol. The van der Waals surface area contributed by atoms with Crippen LogP contribution in [0.4, 0.5) is 20.3 Å². The van der Waals surface area contributed by atoms with Crippen molar-refractivity contribution in [1.82, 2.24) is 9.78 Å². The van der Waals surface area contributed by atoms with E-state index >= 15 is 0 Å². The summed E-state index contributed by atoms with van der Waals surface area (Å²) in [5, 5.41) is 11.1. The predicted molar refractivity (Wildman–Crippen MR) is 110 cm³/mol. The largest absolute Gasteiger partial charge is 0.433 e. The normalized spacial score (nSPS) is 10.8. The maximum atomic E-state index is 12.6. The SMILES string of the molecule is Cc1ccc(NC(=S)Nc2ccn(Cc3ccc(Cl)cc3)n2)c(OC(F)F)c1. The maximum Gasteiger partial charge on any atom is 0.387 e. The Bertz CT molecular complexity index is 963. The van der Waals surface area contributed by atoms with Crippen molar-refractivity contribution >= 4 is 40.4 Å². The molecular weight excluding hydrogens is 406 g/mol. The number of hydrogen-bond acceptors (Lipinski definition) is 3. The first-order valence-corrected chi connectivity index (χ1v) is 9.09. The highest BCUT2D eigenvalue weighted by Gasteiger charge is 2.12. The van der Waals surface area contributed by atoms with Gasteiger partial charge in [0.2, 0.25) is 0 Å². The summed E-state index contributed by atoms with van der Waals surface area (Å²) in [7, 11) is 0. The number of aromatic nitrogens is 2. The molecule has 5 nitrogen and oxygen atoms in total. The average Bonchev–Trinajstić information content (AvgIpc) is 3.05. The predicted octanol–water partition coefficient (Wildman–Crippen LogP) is 5.30. The van der Waals surface area contributed by atoms with Gasteiger partial charge in [-0.2, -0.15) is 13.9 Å². The van der Waals surface area contributed by atoms with E-state index in [4.69, 9.17) is 23.8 Å². The summed E-state index contributed by atoms with van der Waals surface area (Å²) in [6.07, 6.45) is 1.80. The van der Waals surface area contributed by atoms with Crippen LogP contribution in [0.25, 0.3) is 0 Å². The summed E-state index contributed by atoms with van der Waals surface area (Å²) in [4.78, 5) is 0. The van der Waals surface area contributed by atoms with E-state index in [0.29, 0.717) is 23.1 Å². The minimum atomic E-state index is -2.92. The summed E-state index contributed by atoms with van der Waals surface area (Å²) >= 11 is 11.1. The van der Waals surface area contributed by atoms with Crippen molar-refractivity contribution in [2.45, 2.75) is 20.1 Å². The molecule has 0 bridgehead atoms. The second-order valence-electron chi connectivity index (χ2n) is 5.98. The average molecular weight is 423 g/mol. The number of benzene rings is 2. The molecular formula is C19H17ClF2N4OS. The van der Waals surface area contributed by atoms with E-state index in [1.807, 2.05) is 24.3 Å². The lowest BCUT2D eigenvalue weighted by Gasteiger charge is -2.14. The quantitative estimate of drug-likeness (QED) is 0.528. The maximum absolute atomic E-state index is 12.6. The molecule has 28 heavy (non-hydrogen) atoms. The fourth-order valence-corrected chi connectivity index (χ4v) is 2.83. The van der Waals surface area contributed by atoms with Crippen LogP contribution in [0, 0.1) is 6.92 Å².